The van der Waals surface area contributed by atoms with Gasteiger partial charge in [0.1, 0.15) is 0 Å². The Bertz CT molecular complexity index is 406. The molecule has 0 saturated carbocycles. The van der Waals surface area contributed by atoms with Crippen LogP contribution >= 0.6 is 0 Å². The molecule has 6 heteroatoms. The Morgan fingerprint density at radius 3 is 1.68 bits per heavy atom. The molecule has 0 aliphatic carbocycles. The molecule has 1 rings (SSSR count). The molecule has 0 spiro atoms. The molecule has 0 N–H and O–H groups in total. The van der Waals surface area contributed by atoms with Crippen molar-refractivity contribution in [2.45, 2.75) is 26.2 Å². The summed E-state index contributed by atoms with van der Waals surface area (Å²) in [6.45, 7) is 4.61. The van der Waals surface area contributed by atoms with Crippen molar-refractivity contribution in [3.05, 3.63) is 17.7 Å². The highest BCUT2D eigenvalue weighted by Gasteiger charge is 2.18. The van der Waals surface area contributed by atoms with Gasteiger partial charge in [0.15, 0.2) is 31.9 Å². The largest absolute Gasteiger partial charge is 0.464 e. The average Bonchev–Trinajstić information content (AvgIpc) is 2.55. The molecular formula is C16H26O6. The molecule has 0 radical (unpaired) electrons. The lowest BCUT2D eigenvalue weighted by Gasteiger charge is -2.19. The normalized spacial score (nSPS) is 12.0. The summed E-state index contributed by atoms with van der Waals surface area (Å²) < 4.78 is 31.8. The second kappa shape index (κ2) is 10.3. The van der Waals surface area contributed by atoms with Crippen molar-refractivity contribution in [2.75, 3.05) is 41.7 Å². The lowest BCUT2D eigenvalue weighted by Crippen LogP contribution is -2.09. The van der Waals surface area contributed by atoms with Crippen LogP contribution in [0, 0.1) is 0 Å². The van der Waals surface area contributed by atoms with Crippen LogP contribution in [0.15, 0.2) is 12.1 Å². The van der Waals surface area contributed by atoms with E-state index in [4.69, 9.17) is 28.4 Å². The van der Waals surface area contributed by atoms with E-state index in [1.165, 1.54) is 0 Å². The lowest BCUT2D eigenvalue weighted by molar-refractivity contribution is 0.0217. The van der Waals surface area contributed by atoms with E-state index >= 15 is 0 Å². The topological polar surface area (TPSA) is 55.4 Å². The van der Waals surface area contributed by atoms with Crippen LogP contribution in [0.25, 0.3) is 0 Å². The van der Waals surface area contributed by atoms with Gasteiger partial charge in [-0.3, -0.25) is 0 Å². The standard InChI is InChI=1S/C16H26O6/c1-6-12(2)13-7-14(20-9-17-3)16(22-11-19-5)15(8-13)21-10-18-4/h7-8,12H,6,9-11H2,1-5H3. The Hall–Kier alpha value is -1.50. The summed E-state index contributed by atoms with van der Waals surface area (Å²) in [5.41, 5.74) is 1.10. The fraction of sp³-hybridized carbons (Fsp3) is 0.625. The first kappa shape index (κ1) is 18.5. The number of benzene rings is 1. The molecule has 1 unspecified atom stereocenters. The first-order chi connectivity index (χ1) is 10.7. The molecule has 0 fully saturated rings. The Morgan fingerprint density at radius 2 is 1.27 bits per heavy atom. The van der Waals surface area contributed by atoms with Crippen molar-refractivity contribution < 1.29 is 28.4 Å². The molecule has 1 aromatic carbocycles. The average molecular weight is 314 g/mol. The molecule has 6 nitrogen and oxygen atoms in total. The van der Waals surface area contributed by atoms with Crippen molar-refractivity contribution in [2.24, 2.45) is 0 Å². The smallest absolute Gasteiger partial charge is 0.206 e. The number of rotatable bonds is 11. The maximum atomic E-state index is 5.62. The van der Waals surface area contributed by atoms with Crippen LogP contribution in [0.2, 0.25) is 0 Å². The van der Waals surface area contributed by atoms with Gasteiger partial charge in [0, 0.05) is 21.3 Å². The van der Waals surface area contributed by atoms with E-state index in [1.807, 2.05) is 12.1 Å². The van der Waals surface area contributed by atoms with E-state index in [0.717, 1.165) is 12.0 Å². The summed E-state index contributed by atoms with van der Waals surface area (Å²) in [6, 6.07) is 3.88. The Morgan fingerprint density at radius 1 is 0.818 bits per heavy atom. The summed E-state index contributed by atoms with van der Waals surface area (Å²) >= 11 is 0. The first-order valence-corrected chi connectivity index (χ1v) is 7.21. The molecule has 126 valence electrons. The van der Waals surface area contributed by atoms with Gasteiger partial charge in [-0.2, -0.15) is 0 Å². The van der Waals surface area contributed by atoms with Gasteiger partial charge in [-0.1, -0.05) is 13.8 Å². The molecule has 1 atom stereocenters. The summed E-state index contributed by atoms with van der Waals surface area (Å²) in [5, 5.41) is 0. The highest BCUT2D eigenvalue weighted by molar-refractivity contribution is 5.54. The van der Waals surface area contributed by atoms with Crippen molar-refractivity contribution in [3.63, 3.8) is 0 Å². The number of methoxy groups -OCH3 is 3. The van der Waals surface area contributed by atoms with Gasteiger partial charge >= 0.3 is 0 Å². The van der Waals surface area contributed by atoms with E-state index < -0.39 is 0 Å². The van der Waals surface area contributed by atoms with Gasteiger partial charge in [-0.25, -0.2) is 0 Å². The van der Waals surface area contributed by atoms with Crippen LogP contribution in [-0.4, -0.2) is 41.7 Å². The molecule has 0 aliphatic heterocycles. The van der Waals surface area contributed by atoms with E-state index in [1.54, 1.807) is 21.3 Å². The van der Waals surface area contributed by atoms with Crippen molar-refractivity contribution in [1.29, 1.82) is 0 Å². The van der Waals surface area contributed by atoms with Crippen LogP contribution in [0.4, 0.5) is 0 Å². The molecule has 0 saturated heterocycles. The molecule has 0 heterocycles. The minimum absolute atomic E-state index is 0.0926. The molecule has 22 heavy (non-hydrogen) atoms. The predicted octanol–water partition coefficient (Wildman–Crippen LogP) is 3.15. The quantitative estimate of drug-likeness (QED) is 0.585. The predicted molar refractivity (Wildman–Crippen MR) is 82.7 cm³/mol. The van der Waals surface area contributed by atoms with Crippen LogP contribution in [0.1, 0.15) is 31.7 Å². The first-order valence-electron chi connectivity index (χ1n) is 7.21. The van der Waals surface area contributed by atoms with Crippen molar-refractivity contribution in [3.8, 4) is 17.2 Å². The van der Waals surface area contributed by atoms with E-state index in [0.29, 0.717) is 23.2 Å². The molecule has 0 amide bonds. The molecule has 0 aliphatic rings. The van der Waals surface area contributed by atoms with E-state index in [2.05, 4.69) is 13.8 Å². The van der Waals surface area contributed by atoms with Gasteiger partial charge in [-0.15, -0.1) is 0 Å². The lowest BCUT2D eigenvalue weighted by atomic mass is 9.98. The number of ether oxygens (including phenoxy) is 6. The van der Waals surface area contributed by atoms with Gasteiger partial charge in [-0.05, 0) is 30.0 Å². The molecule has 0 bridgehead atoms. The third-order valence-electron chi connectivity index (χ3n) is 3.21. The minimum Gasteiger partial charge on any atom is -0.464 e. The highest BCUT2D eigenvalue weighted by Crippen LogP contribution is 2.41. The maximum absolute atomic E-state index is 5.62. The third-order valence-corrected chi connectivity index (χ3v) is 3.21. The Labute approximate surface area is 132 Å². The zero-order chi connectivity index (χ0) is 16.4. The SMILES string of the molecule is CCC(C)c1cc(OCOC)c(OCOC)c(OCOC)c1. The summed E-state index contributed by atoms with van der Waals surface area (Å²) in [4.78, 5) is 0. The second-order valence-electron chi connectivity index (χ2n) is 4.81. The summed E-state index contributed by atoms with van der Waals surface area (Å²) in [7, 11) is 4.69. The minimum atomic E-state index is 0.0926. The second-order valence-corrected chi connectivity index (χ2v) is 4.81. The van der Waals surface area contributed by atoms with Crippen molar-refractivity contribution >= 4 is 0 Å². The molecule has 0 aromatic heterocycles. The van der Waals surface area contributed by atoms with Crippen LogP contribution in [-0.2, 0) is 14.2 Å². The van der Waals surface area contributed by atoms with Crippen LogP contribution in [0.5, 0.6) is 17.2 Å². The summed E-state index contributed by atoms with van der Waals surface area (Å²) in [6.07, 6.45) is 1.01. The van der Waals surface area contributed by atoms with Crippen LogP contribution in [0.3, 0.4) is 0 Å². The van der Waals surface area contributed by atoms with E-state index in [9.17, 15) is 0 Å². The fourth-order valence-corrected chi connectivity index (χ4v) is 1.84. The molecule has 1 aromatic rings. The van der Waals surface area contributed by atoms with Crippen molar-refractivity contribution in [1.82, 2.24) is 0 Å². The maximum Gasteiger partial charge on any atom is 0.206 e. The van der Waals surface area contributed by atoms with Gasteiger partial charge < -0.3 is 28.4 Å². The zero-order valence-electron chi connectivity index (χ0n) is 14.0. The van der Waals surface area contributed by atoms with Crippen LogP contribution < -0.4 is 14.2 Å². The van der Waals surface area contributed by atoms with Gasteiger partial charge in [0.2, 0.25) is 5.75 Å². The van der Waals surface area contributed by atoms with Gasteiger partial charge in [0.25, 0.3) is 0 Å². The number of hydrogen-bond acceptors (Lipinski definition) is 6. The Balaban J connectivity index is 3.19. The molecular weight excluding hydrogens is 288 g/mol. The highest BCUT2D eigenvalue weighted by atomic mass is 16.7. The van der Waals surface area contributed by atoms with E-state index in [-0.39, 0.29) is 20.4 Å². The summed E-state index contributed by atoms with van der Waals surface area (Å²) in [5.74, 6) is 1.96. The van der Waals surface area contributed by atoms with Gasteiger partial charge in [0.05, 0.1) is 0 Å². The Kier molecular flexibility index (Phi) is 8.65. The fourth-order valence-electron chi connectivity index (χ4n) is 1.84. The number of hydrogen-bond donors (Lipinski definition) is 0. The monoisotopic (exact) mass is 314 g/mol. The third kappa shape index (κ3) is 5.36. The zero-order valence-corrected chi connectivity index (χ0v) is 14.0.